The highest BCUT2D eigenvalue weighted by Gasteiger charge is 2.35. The van der Waals surface area contributed by atoms with E-state index in [9.17, 15) is 0 Å². The molecule has 1 unspecified atom stereocenters. The summed E-state index contributed by atoms with van der Waals surface area (Å²) < 4.78 is 0. The Morgan fingerprint density at radius 2 is 1.72 bits per heavy atom. The Kier molecular flexibility index (Phi) is 4.25. The molecule has 0 amide bonds. The average Bonchev–Trinajstić information content (AvgIpc) is 3.13. The van der Waals surface area contributed by atoms with E-state index in [4.69, 9.17) is 0 Å². The van der Waals surface area contributed by atoms with Crippen LogP contribution in [0.4, 0.5) is 0 Å². The maximum absolute atomic E-state index is 3.95. The highest BCUT2D eigenvalue weighted by Crippen LogP contribution is 2.31. The highest BCUT2D eigenvalue weighted by atomic mass is 15.2. The molecule has 0 radical (unpaired) electrons. The molecule has 0 spiro atoms. The lowest BCUT2D eigenvalue weighted by Gasteiger charge is -2.31. The Morgan fingerprint density at radius 3 is 2.39 bits per heavy atom. The lowest BCUT2D eigenvalue weighted by Crippen LogP contribution is -2.42. The molecule has 0 aromatic carbocycles. The fourth-order valence-electron chi connectivity index (χ4n) is 4.05. The molecule has 0 bridgehead atoms. The minimum absolute atomic E-state index is 0.804. The van der Waals surface area contributed by atoms with Gasteiger partial charge in [0.05, 0.1) is 0 Å². The SMILES string of the molecule is CCCC1CCC(NC2CCN(C3CC3)C2)CC1. The first-order valence-electron chi connectivity index (χ1n) is 8.35. The molecule has 3 rings (SSSR count). The molecule has 3 aliphatic rings. The molecular formula is C16H30N2. The Labute approximate surface area is 113 Å². The van der Waals surface area contributed by atoms with Crippen LogP contribution in [-0.2, 0) is 0 Å². The largest absolute Gasteiger partial charge is 0.310 e. The van der Waals surface area contributed by atoms with Crippen LogP contribution in [0.3, 0.4) is 0 Å². The van der Waals surface area contributed by atoms with Gasteiger partial charge >= 0.3 is 0 Å². The summed E-state index contributed by atoms with van der Waals surface area (Å²) in [4.78, 5) is 2.72. The highest BCUT2D eigenvalue weighted by molar-refractivity contribution is 4.93. The van der Waals surface area contributed by atoms with Crippen LogP contribution in [-0.4, -0.2) is 36.1 Å². The average molecular weight is 250 g/mol. The smallest absolute Gasteiger partial charge is 0.0209 e. The number of hydrogen-bond donors (Lipinski definition) is 1. The Hall–Kier alpha value is -0.0800. The van der Waals surface area contributed by atoms with Crippen LogP contribution < -0.4 is 5.32 Å². The van der Waals surface area contributed by atoms with E-state index >= 15 is 0 Å². The minimum atomic E-state index is 0.804. The van der Waals surface area contributed by atoms with E-state index in [1.165, 1.54) is 70.9 Å². The van der Waals surface area contributed by atoms with E-state index in [0.717, 1.165) is 24.0 Å². The molecule has 0 aromatic rings. The van der Waals surface area contributed by atoms with Crippen molar-refractivity contribution in [1.82, 2.24) is 10.2 Å². The zero-order chi connectivity index (χ0) is 12.4. The zero-order valence-electron chi connectivity index (χ0n) is 12.0. The normalized spacial score (nSPS) is 38.2. The van der Waals surface area contributed by atoms with Gasteiger partial charge in [-0.05, 0) is 50.9 Å². The van der Waals surface area contributed by atoms with Crippen molar-refractivity contribution in [1.29, 1.82) is 0 Å². The van der Waals surface area contributed by atoms with Crippen molar-refractivity contribution in [2.45, 2.75) is 82.8 Å². The number of nitrogens with zero attached hydrogens (tertiary/aromatic N) is 1. The first kappa shape index (κ1) is 12.9. The van der Waals surface area contributed by atoms with Gasteiger partial charge < -0.3 is 5.32 Å². The van der Waals surface area contributed by atoms with Gasteiger partial charge in [0.2, 0.25) is 0 Å². The Bertz CT molecular complexity index is 254. The fourth-order valence-corrected chi connectivity index (χ4v) is 4.05. The second-order valence-corrected chi connectivity index (χ2v) is 6.88. The van der Waals surface area contributed by atoms with Crippen molar-refractivity contribution >= 4 is 0 Å². The van der Waals surface area contributed by atoms with E-state index in [-0.39, 0.29) is 0 Å². The molecule has 3 fully saturated rings. The number of hydrogen-bond acceptors (Lipinski definition) is 2. The molecule has 2 heteroatoms. The van der Waals surface area contributed by atoms with Crippen LogP contribution in [0.2, 0.25) is 0 Å². The van der Waals surface area contributed by atoms with Crippen molar-refractivity contribution in [3.63, 3.8) is 0 Å². The number of nitrogens with one attached hydrogen (secondary N) is 1. The van der Waals surface area contributed by atoms with E-state index < -0.39 is 0 Å². The molecule has 1 aliphatic heterocycles. The zero-order valence-corrected chi connectivity index (χ0v) is 12.0. The maximum atomic E-state index is 3.95. The van der Waals surface area contributed by atoms with Gasteiger partial charge in [-0.1, -0.05) is 19.8 Å². The lowest BCUT2D eigenvalue weighted by atomic mass is 9.83. The van der Waals surface area contributed by atoms with Crippen LogP contribution in [0.5, 0.6) is 0 Å². The first-order valence-corrected chi connectivity index (χ1v) is 8.35. The van der Waals surface area contributed by atoms with Gasteiger partial charge in [0.15, 0.2) is 0 Å². The summed E-state index contributed by atoms with van der Waals surface area (Å²) in [7, 11) is 0. The van der Waals surface area contributed by atoms with Crippen LogP contribution >= 0.6 is 0 Å². The lowest BCUT2D eigenvalue weighted by molar-refractivity contribution is 0.256. The standard InChI is InChI=1S/C16H30N2/c1-2-3-13-4-6-14(7-5-13)17-15-10-11-18(12-15)16-8-9-16/h13-17H,2-12H2,1H3. The van der Waals surface area contributed by atoms with Crippen molar-refractivity contribution in [2.75, 3.05) is 13.1 Å². The monoisotopic (exact) mass is 250 g/mol. The van der Waals surface area contributed by atoms with Gasteiger partial charge in [0.1, 0.15) is 0 Å². The quantitative estimate of drug-likeness (QED) is 0.806. The summed E-state index contributed by atoms with van der Waals surface area (Å²) in [5, 5.41) is 3.95. The third-order valence-corrected chi connectivity index (χ3v) is 5.30. The summed E-state index contributed by atoms with van der Waals surface area (Å²) in [6, 6.07) is 2.61. The second kappa shape index (κ2) is 5.92. The molecule has 1 N–H and O–H groups in total. The van der Waals surface area contributed by atoms with Gasteiger partial charge in [-0.3, -0.25) is 4.90 Å². The van der Waals surface area contributed by atoms with E-state index in [1.54, 1.807) is 0 Å². The molecule has 1 heterocycles. The van der Waals surface area contributed by atoms with Crippen molar-refractivity contribution < 1.29 is 0 Å². The molecule has 2 saturated carbocycles. The number of likely N-dealkylation sites (tertiary alicyclic amines) is 1. The van der Waals surface area contributed by atoms with Crippen molar-refractivity contribution in [2.24, 2.45) is 5.92 Å². The second-order valence-electron chi connectivity index (χ2n) is 6.88. The van der Waals surface area contributed by atoms with Gasteiger partial charge in [0, 0.05) is 31.2 Å². The van der Waals surface area contributed by atoms with E-state index in [2.05, 4.69) is 17.1 Å². The van der Waals surface area contributed by atoms with Crippen LogP contribution in [0, 0.1) is 5.92 Å². The van der Waals surface area contributed by atoms with E-state index in [1.807, 2.05) is 0 Å². The molecule has 1 saturated heterocycles. The van der Waals surface area contributed by atoms with E-state index in [0.29, 0.717) is 0 Å². The summed E-state index contributed by atoms with van der Waals surface area (Å²) >= 11 is 0. The fraction of sp³-hybridized carbons (Fsp3) is 1.00. The Balaban J connectivity index is 1.36. The maximum Gasteiger partial charge on any atom is 0.0209 e. The summed E-state index contributed by atoms with van der Waals surface area (Å²) in [6.07, 6.45) is 13.0. The van der Waals surface area contributed by atoms with Crippen molar-refractivity contribution in [3.05, 3.63) is 0 Å². The minimum Gasteiger partial charge on any atom is -0.310 e. The van der Waals surface area contributed by atoms with Crippen LogP contribution in [0.1, 0.15) is 64.7 Å². The van der Waals surface area contributed by atoms with Gasteiger partial charge in [-0.2, -0.15) is 0 Å². The van der Waals surface area contributed by atoms with Crippen LogP contribution in [0.25, 0.3) is 0 Å². The van der Waals surface area contributed by atoms with Gasteiger partial charge in [0.25, 0.3) is 0 Å². The predicted octanol–water partition coefficient (Wildman–Crippen LogP) is 3.17. The van der Waals surface area contributed by atoms with Crippen LogP contribution in [0.15, 0.2) is 0 Å². The molecule has 0 aromatic heterocycles. The predicted molar refractivity (Wildman–Crippen MR) is 76.8 cm³/mol. The molecule has 104 valence electrons. The third-order valence-electron chi connectivity index (χ3n) is 5.30. The summed E-state index contributed by atoms with van der Waals surface area (Å²) in [5.41, 5.74) is 0. The van der Waals surface area contributed by atoms with Gasteiger partial charge in [-0.25, -0.2) is 0 Å². The summed E-state index contributed by atoms with van der Waals surface area (Å²) in [5.74, 6) is 1.04. The van der Waals surface area contributed by atoms with Gasteiger partial charge in [-0.15, -0.1) is 0 Å². The molecule has 18 heavy (non-hydrogen) atoms. The Morgan fingerprint density at radius 1 is 0.944 bits per heavy atom. The molecule has 2 nitrogen and oxygen atoms in total. The number of rotatable bonds is 5. The first-order chi connectivity index (χ1) is 8.85. The van der Waals surface area contributed by atoms with Crippen molar-refractivity contribution in [3.8, 4) is 0 Å². The molecule has 1 atom stereocenters. The third kappa shape index (κ3) is 3.27. The molecule has 2 aliphatic carbocycles. The topological polar surface area (TPSA) is 15.3 Å². The molecular weight excluding hydrogens is 220 g/mol. The summed E-state index contributed by atoms with van der Waals surface area (Å²) in [6.45, 7) is 5.02.